The summed E-state index contributed by atoms with van der Waals surface area (Å²) in [6.07, 6.45) is 1.32. The first-order chi connectivity index (χ1) is 11.0. The van der Waals surface area contributed by atoms with Gasteiger partial charge in [-0.3, -0.25) is 14.9 Å². The van der Waals surface area contributed by atoms with Crippen LogP contribution in [0.4, 0.5) is 5.69 Å². The molecule has 2 heterocycles. The second kappa shape index (κ2) is 5.03. The molecule has 0 unspecified atom stereocenters. The molecule has 4 rings (SSSR count). The van der Waals surface area contributed by atoms with Gasteiger partial charge in [-0.2, -0.15) is 0 Å². The maximum atomic E-state index is 12.9. The van der Waals surface area contributed by atoms with Crippen LogP contribution in [0.1, 0.15) is 29.9 Å². The smallest absolute Gasteiger partial charge is 0.237 e. The average molecular weight is 315 g/mol. The molecular formula is C17H21N3O3. The Morgan fingerprint density at radius 2 is 2.17 bits per heavy atom. The van der Waals surface area contributed by atoms with E-state index in [0.29, 0.717) is 12.3 Å². The topological polar surface area (TPSA) is 66.7 Å². The number of anilines is 1. The van der Waals surface area contributed by atoms with Gasteiger partial charge < -0.3 is 9.80 Å². The SMILES string of the molecule is Cc1ccc2c(c1)[C@@H]1CN(C)CC[C@@H]1N2C(=O)[C@@H]1C[C@@H]1[N+](=O)[O-]. The van der Waals surface area contributed by atoms with Gasteiger partial charge in [-0.05, 0) is 38.6 Å². The summed E-state index contributed by atoms with van der Waals surface area (Å²) < 4.78 is 0. The Labute approximate surface area is 135 Å². The van der Waals surface area contributed by atoms with E-state index in [2.05, 4.69) is 24.9 Å². The van der Waals surface area contributed by atoms with Crippen LogP contribution in [-0.4, -0.2) is 48.0 Å². The molecule has 1 amide bonds. The van der Waals surface area contributed by atoms with Crippen LogP contribution in [0.2, 0.25) is 0 Å². The summed E-state index contributed by atoms with van der Waals surface area (Å²) in [7, 11) is 2.11. The lowest BCUT2D eigenvalue weighted by Crippen LogP contribution is -2.48. The third-order valence-corrected chi connectivity index (χ3v) is 5.54. The van der Waals surface area contributed by atoms with Crippen LogP contribution in [0.3, 0.4) is 0 Å². The van der Waals surface area contributed by atoms with E-state index in [4.69, 9.17) is 0 Å². The number of fused-ring (bicyclic) bond motifs is 3. The van der Waals surface area contributed by atoms with Gasteiger partial charge in [-0.15, -0.1) is 0 Å². The number of carbonyl (C=O) groups excluding carboxylic acids is 1. The number of hydrogen-bond acceptors (Lipinski definition) is 4. The number of hydrogen-bond donors (Lipinski definition) is 0. The molecule has 0 N–H and O–H groups in total. The number of likely N-dealkylation sites (N-methyl/N-ethyl adjacent to an activating group) is 1. The number of likely N-dealkylation sites (tertiary alicyclic amines) is 1. The Balaban J connectivity index is 1.69. The van der Waals surface area contributed by atoms with Crippen LogP contribution >= 0.6 is 0 Å². The number of nitrogens with zero attached hydrogens (tertiary/aromatic N) is 3. The van der Waals surface area contributed by atoms with Gasteiger partial charge in [0.1, 0.15) is 5.92 Å². The Bertz CT molecular complexity index is 690. The van der Waals surface area contributed by atoms with Gasteiger partial charge in [-0.1, -0.05) is 17.7 Å². The number of carbonyl (C=O) groups is 1. The molecule has 23 heavy (non-hydrogen) atoms. The zero-order chi connectivity index (χ0) is 16.3. The normalized spacial score (nSPS) is 32.3. The lowest BCUT2D eigenvalue weighted by molar-refractivity contribution is -0.497. The van der Waals surface area contributed by atoms with E-state index in [1.165, 1.54) is 11.1 Å². The van der Waals surface area contributed by atoms with E-state index in [-0.39, 0.29) is 16.9 Å². The fourth-order valence-electron chi connectivity index (χ4n) is 4.23. The second-order valence-electron chi connectivity index (χ2n) is 7.19. The zero-order valence-electron chi connectivity index (χ0n) is 13.4. The van der Waals surface area contributed by atoms with Crippen molar-refractivity contribution in [1.29, 1.82) is 0 Å². The molecule has 6 nitrogen and oxygen atoms in total. The molecule has 0 aromatic heterocycles. The maximum Gasteiger partial charge on any atom is 0.237 e. The highest BCUT2D eigenvalue weighted by molar-refractivity contribution is 6.00. The first-order valence-electron chi connectivity index (χ1n) is 8.23. The highest BCUT2D eigenvalue weighted by Crippen LogP contribution is 2.47. The summed E-state index contributed by atoms with van der Waals surface area (Å²) in [5, 5.41) is 10.9. The van der Waals surface area contributed by atoms with Crippen LogP contribution < -0.4 is 4.90 Å². The van der Waals surface area contributed by atoms with Crippen molar-refractivity contribution in [2.75, 3.05) is 25.0 Å². The van der Waals surface area contributed by atoms with E-state index >= 15 is 0 Å². The Kier molecular flexibility index (Phi) is 3.20. The number of amides is 1. The standard InChI is InChI=1S/C17H21N3O3/c1-10-3-4-14-11(7-10)13-9-18(2)6-5-15(13)19(14)17(21)12-8-16(12)20(22)23/h3-4,7,12-13,15-16H,5-6,8-9H2,1-2H3/t12-,13+,15+,16+/m1/s1. The molecular weight excluding hydrogens is 294 g/mol. The zero-order valence-corrected chi connectivity index (χ0v) is 13.4. The van der Waals surface area contributed by atoms with Crippen molar-refractivity contribution in [2.24, 2.45) is 5.92 Å². The first-order valence-corrected chi connectivity index (χ1v) is 8.23. The number of nitro groups is 1. The third kappa shape index (κ3) is 2.24. The fraction of sp³-hybridized carbons (Fsp3) is 0.588. The molecule has 1 aromatic rings. The first kappa shape index (κ1) is 14.6. The van der Waals surface area contributed by atoms with Crippen LogP contribution in [0, 0.1) is 23.0 Å². The minimum Gasteiger partial charge on any atom is -0.308 e. The van der Waals surface area contributed by atoms with Crippen LogP contribution in [0.25, 0.3) is 0 Å². The molecule has 0 radical (unpaired) electrons. The van der Waals surface area contributed by atoms with E-state index in [1.807, 2.05) is 17.0 Å². The summed E-state index contributed by atoms with van der Waals surface area (Å²) in [5.74, 6) is -0.160. The quantitative estimate of drug-likeness (QED) is 0.616. The van der Waals surface area contributed by atoms with Crippen molar-refractivity contribution in [2.45, 2.75) is 37.8 Å². The van der Waals surface area contributed by atoms with E-state index in [9.17, 15) is 14.9 Å². The van der Waals surface area contributed by atoms with E-state index in [1.54, 1.807) is 0 Å². The maximum absolute atomic E-state index is 12.9. The molecule has 6 heteroatoms. The predicted molar refractivity (Wildman–Crippen MR) is 86.2 cm³/mol. The molecule has 122 valence electrons. The summed E-state index contributed by atoms with van der Waals surface area (Å²) in [5.41, 5.74) is 3.40. The third-order valence-electron chi connectivity index (χ3n) is 5.54. The summed E-state index contributed by atoms with van der Waals surface area (Å²) in [6.45, 7) is 3.96. The minimum absolute atomic E-state index is 0.0474. The second-order valence-corrected chi connectivity index (χ2v) is 7.19. The van der Waals surface area contributed by atoms with Crippen molar-refractivity contribution in [3.8, 4) is 0 Å². The summed E-state index contributed by atoms with van der Waals surface area (Å²) in [6, 6.07) is 5.70. The van der Waals surface area contributed by atoms with Crippen molar-refractivity contribution in [3.63, 3.8) is 0 Å². The molecule has 3 aliphatic rings. The fourth-order valence-corrected chi connectivity index (χ4v) is 4.23. The molecule has 1 aliphatic carbocycles. The number of piperidine rings is 1. The largest absolute Gasteiger partial charge is 0.308 e. The Morgan fingerprint density at radius 1 is 1.39 bits per heavy atom. The summed E-state index contributed by atoms with van der Waals surface area (Å²) in [4.78, 5) is 27.7. The molecule has 0 spiro atoms. The van der Waals surface area contributed by atoms with Gasteiger partial charge in [0.05, 0.1) is 0 Å². The van der Waals surface area contributed by atoms with E-state index < -0.39 is 12.0 Å². The van der Waals surface area contributed by atoms with Crippen LogP contribution in [0.15, 0.2) is 18.2 Å². The van der Waals surface area contributed by atoms with Gasteiger partial charge in [0, 0.05) is 35.5 Å². The molecule has 1 saturated heterocycles. The Hall–Kier alpha value is -1.95. The van der Waals surface area contributed by atoms with Crippen molar-refractivity contribution >= 4 is 11.6 Å². The van der Waals surface area contributed by atoms with Gasteiger partial charge in [-0.25, -0.2) is 0 Å². The van der Waals surface area contributed by atoms with Crippen molar-refractivity contribution in [1.82, 2.24) is 4.90 Å². The average Bonchev–Trinajstić information content (AvgIpc) is 3.25. The lowest BCUT2D eigenvalue weighted by Gasteiger charge is -2.36. The van der Waals surface area contributed by atoms with Gasteiger partial charge in [0.15, 0.2) is 0 Å². The van der Waals surface area contributed by atoms with E-state index in [0.717, 1.165) is 25.2 Å². The highest BCUT2D eigenvalue weighted by atomic mass is 16.6. The molecule has 1 saturated carbocycles. The van der Waals surface area contributed by atoms with Crippen LogP contribution in [0.5, 0.6) is 0 Å². The molecule has 0 bridgehead atoms. The number of aryl methyl sites for hydroxylation is 1. The van der Waals surface area contributed by atoms with Crippen molar-refractivity contribution < 1.29 is 9.72 Å². The highest BCUT2D eigenvalue weighted by Gasteiger charge is 2.57. The minimum atomic E-state index is -0.679. The predicted octanol–water partition coefficient (Wildman–Crippen LogP) is 1.79. The molecule has 1 aromatic carbocycles. The number of rotatable bonds is 2. The lowest BCUT2D eigenvalue weighted by atomic mass is 9.89. The van der Waals surface area contributed by atoms with Gasteiger partial charge in [0.2, 0.25) is 11.9 Å². The molecule has 2 aliphatic heterocycles. The molecule has 2 fully saturated rings. The monoisotopic (exact) mass is 315 g/mol. The van der Waals surface area contributed by atoms with Gasteiger partial charge in [0.25, 0.3) is 0 Å². The van der Waals surface area contributed by atoms with Crippen molar-refractivity contribution in [3.05, 3.63) is 39.4 Å². The Morgan fingerprint density at radius 3 is 2.87 bits per heavy atom. The molecule has 4 atom stereocenters. The van der Waals surface area contributed by atoms with Gasteiger partial charge >= 0.3 is 0 Å². The number of benzene rings is 1. The summed E-state index contributed by atoms with van der Waals surface area (Å²) >= 11 is 0. The van der Waals surface area contributed by atoms with Crippen LogP contribution in [-0.2, 0) is 4.79 Å².